The summed E-state index contributed by atoms with van der Waals surface area (Å²) >= 11 is 0. The summed E-state index contributed by atoms with van der Waals surface area (Å²) in [6.45, 7) is 4.94. The number of nitrogens with one attached hydrogen (secondary N) is 1. The Bertz CT molecular complexity index is 547. The maximum absolute atomic E-state index is 13.9. The summed E-state index contributed by atoms with van der Waals surface area (Å²) in [5, 5.41) is 7.10. The zero-order valence-corrected chi connectivity index (χ0v) is 12.1. The van der Waals surface area contributed by atoms with E-state index in [1.54, 1.807) is 23.1 Å². The van der Waals surface area contributed by atoms with E-state index in [-0.39, 0.29) is 18.4 Å². The van der Waals surface area contributed by atoms with Gasteiger partial charge in [0.05, 0.1) is 6.54 Å². The average Bonchev–Trinajstić information content (AvgIpc) is 2.92. The molecule has 0 saturated carbocycles. The molecule has 0 amide bonds. The van der Waals surface area contributed by atoms with Gasteiger partial charge in [-0.15, -0.1) is 0 Å². The quantitative estimate of drug-likeness (QED) is 0.853. The Hall–Kier alpha value is -1.95. The highest BCUT2D eigenvalue weighted by Gasteiger charge is 2.13. The summed E-state index contributed by atoms with van der Waals surface area (Å²) in [5.41, 5.74) is 0.554. The molecule has 0 radical (unpaired) electrons. The zero-order chi connectivity index (χ0) is 15.2. The standard InChI is InChI=1S/C15H19F2N3O/c1-11(2)18-10-12-8-13(16)15(14(17)9-12)21-7-6-20-5-3-4-19-20/h3-5,8-9,11,18H,6-7,10H2,1-2H3. The summed E-state index contributed by atoms with van der Waals surface area (Å²) < 4.78 is 34.6. The van der Waals surface area contributed by atoms with E-state index in [1.165, 1.54) is 12.1 Å². The normalized spacial score (nSPS) is 11.1. The van der Waals surface area contributed by atoms with Gasteiger partial charge in [-0.1, -0.05) is 13.8 Å². The smallest absolute Gasteiger partial charge is 0.190 e. The Balaban J connectivity index is 1.96. The molecule has 0 aliphatic carbocycles. The van der Waals surface area contributed by atoms with Crippen LogP contribution in [0.15, 0.2) is 30.6 Å². The molecule has 2 rings (SSSR count). The van der Waals surface area contributed by atoms with E-state index in [2.05, 4.69) is 10.4 Å². The summed E-state index contributed by atoms with van der Waals surface area (Å²) in [7, 11) is 0. The van der Waals surface area contributed by atoms with Crippen LogP contribution in [0, 0.1) is 11.6 Å². The van der Waals surface area contributed by atoms with Crippen molar-refractivity contribution in [1.82, 2.24) is 15.1 Å². The van der Waals surface area contributed by atoms with Crippen LogP contribution < -0.4 is 10.1 Å². The van der Waals surface area contributed by atoms with Crippen LogP contribution in [-0.4, -0.2) is 22.4 Å². The predicted molar refractivity (Wildman–Crippen MR) is 76.1 cm³/mol. The second-order valence-electron chi connectivity index (χ2n) is 5.04. The molecule has 1 N–H and O–H groups in total. The molecule has 0 unspecified atom stereocenters. The largest absolute Gasteiger partial charge is 0.486 e. The van der Waals surface area contributed by atoms with E-state index >= 15 is 0 Å². The Morgan fingerprint density at radius 2 is 2.00 bits per heavy atom. The van der Waals surface area contributed by atoms with E-state index in [1.807, 2.05) is 13.8 Å². The van der Waals surface area contributed by atoms with E-state index in [9.17, 15) is 8.78 Å². The van der Waals surface area contributed by atoms with Crippen molar-refractivity contribution in [3.05, 3.63) is 47.8 Å². The van der Waals surface area contributed by atoms with Crippen LogP contribution in [0.4, 0.5) is 8.78 Å². The minimum Gasteiger partial charge on any atom is -0.486 e. The fourth-order valence-corrected chi connectivity index (χ4v) is 1.85. The third kappa shape index (κ3) is 4.53. The lowest BCUT2D eigenvalue weighted by Gasteiger charge is -2.12. The number of nitrogens with zero attached hydrogens (tertiary/aromatic N) is 2. The van der Waals surface area contributed by atoms with Crippen LogP contribution in [0.1, 0.15) is 19.4 Å². The summed E-state index contributed by atoms with van der Waals surface area (Å²) in [6, 6.07) is 4.61. The van der Waals surface area contributed by atoms with Crippen molar-refractivity contribution < 1.29 is 13.5 Å². The summed E-state index contributed by atoms with van der Waals surface area (Å²) in [6.07, 6.45) is 3.40. The van der Waals surface area contributed by atoms with Gasteiger partial charge in [-0.05, 0) is 23.8 Å². The van der Waals surface area contributed by atoms with Crippen LogP contribution in [0.2, 0.25) is 0 Å². The van der Waals surface area contributed by atoms with Crippen LogP contribution in [-0.2, 0) is 13.1 Å². The van der Waals surface area contributed by atoms with E-state index in [4.69, 9.17) is 4.74 Å². The molecule has 0 spiro atoms. The van der Waals surface area contributed by atoms with E-state index in [0.717, 1.165) is 0 Å². The van der Waals surface area contributed by atoms with Gasteiger partial charge in [-0.2, -0.15) is 5.10 Å². The molecule has 0 atom stereocenters. The Labute approximate surface area is 122 Å². The van der Waals surface area contributed by atoms with E-state index < -0.39 is 11.6 Å². The average molecular weight is 295 g/mol. The summed E-state index contributed by atoms with van der Waals surface area (Å²) in [4.78, 5) is 0. The van der Waals surface area contributed by atoms with Gasteiger partial charge in [0, 0.05) is 25.0 Å². The van der Waals surface area contributed by atoms with E-state index in [0.29, 0.717) is 18.7 Å². The first-order chi connectivity index (χ1) is 10.1. The maximum atomic E-state index is 13.9. The van der Waals surface area contributed by atoms with Crippen molar-refractivity contribution in [1.29, 1.82) is 0 Å². The molecule has 0 saturated heterocycles. The van der Waals surface area contributed by atoms with Gasteiger partial charge < -0.3 is 10.1 Å². The predicted octanol–water partition coefficient (Wildman–Crippen LogP) is 2.74. The third-order valence-electron chi connectivity index (χ3n) is 2.90. The van der Waals surface area contributed by atoms with Crippen LogP contribution in [0.3, 0.4) is 0 Å². The molecule has 21 heavy (non-hydrogen) atoms. The van der Waals surface area contributed by atoms with Gasteiger partial charge in [-0.3, -0.25) is 4.68 Å². The topological polar surface area (TPSA) is 39.1 Å². The molecule has 6 heteroatoms. The first kappa shape index (κ1) is 15.4. The number of aromatic nitrogens is 2. The summed E-state index contributed by atoms with van der Waals surface area (Å²) in [5.74, 6) is -1.71. The Morgan fingerprint density at radius 3 is 2.57 bits per heavy atom. The fourth-order valence-electron chi connectivity index (χ4n) is 1.85. The molecule has 0 fully saturated rings. The van der Waals surface area contributed by atoms with Gasteiger partial charge in [0.2, 0.25) is 0 Å². The lowest BCUT2D eigenvalue weighted by molar-refractivity contribution is 0.264. The SMILES string of the molecule is CC(C)NCc1cc(F)c(OCCn2cccn2)c(F)c1. The van der Waals surface area contributed by atoms with Crippen molar-refractivity contribution in [2.24, 2.45) is 0 Å². The highest BCUT2D eigenvalue weighted by molar-refractivity contribution is 5.31. The van der Waals surface area contributed by atoms with Crippen molar-refractivity contribution >= 4 is 0 Å². The van der Waals surface area contributed by atoms with Crippen molar-refractivity contribution in [3.8, 4) is 5.75 Å². The maximum Gasteiger partial charge on any atom is 0.190 e. The number of halogens is 2. The number of rotatable bonds is 7. The lowest BCUT2D eigenvalue weighted by atomic mass is 10.2. The van der Waals surface area contributed by atoms with Crippen LogP contribution >= 0.6 is 0 Å². The molecule has 0 aliphatic heterocycles. The zero-order valence-electron chi connectivity index (χ0n) is 12.1. The van der Waals surface area contributed by atoms with Gasteiger partial charge in [0.1, 0.15) is 6.61 Å². The fraction of sp³-hybridized carbons (Fsp3) is 0.400. The van der Waals surface area contributed by atoms with Gasteiger partial charge in [-0.25, -0.2) is 8.78 Å². The Kier molecular flexibility index (Phi) is 5.27. The van der Waals surface area contributed by atoms with Gasteiger partial charge >= 0.3 is 0 Å². The van der Waals surface area contributed by atoms with Crippen LogP contribution in [0.25, 0.3) is 0 Å². The molecule has 4 nitrogen and oxygen atoms in total. The number of hydrogen-bond acceptors (Lipinski definition) is 3. The molecule has 1 heterocycles. The number of ether oxygens (including phenoxy) is 1. The lowest BCUT2D eigenvalue weighted by Crippen LogP contribution is -2.22. The molecular formula is C15H19F2N3O. The number of benzene rings is 1. The van der Waals surface area contributed by atoms with Crippen molar-refractivity contribution in [2.75, 3.05) is 6.61 Å². The third-order valence-corrected chi connectivity index (χ3v) is 2.90. The minimum absolute atomic E-state index is 0.152. The van der Waals surface area contributed by atoms with Crippen LogP contribution in [0.5, 0.6) is 5.75 Å². The van der Waals surface area contributed by atoms with Crippen molar-refractivity contribution in [2.45, 2.75) is 33.0 Å². The molecule has 0 bridgehead atoms. The van der Waals surface area contributed by atoms with Gasteiger partial charge in [0.15, 0.2) is 17.4 Å². The first-order valence-electron chi connectivity index (χ1n) is 6.88. The molecule has 1 aromatic heterocycles. The highest BCUT2D eigenvalue weighted by Crippen LogP contribution is 2.23. The molecule has 1 aromatic carbocycles. The molecule has 2 aromatic rings. The number of hydrogen-bond donors (Lipinski definition) is 1. The highest BCUT2D eigenvalue weighted by atomic mass is 19.1. The van der Waals surface area contributed by atoms with Gasteiger partial charge in [0.25, 0.3) is 0 Å². The second kappa shape index (κ2) is 7.17. The first-order valence-corrected chi connectivity index (χ1v) is 6.88. The van der Waals surface area contributed by atoms with Crippen molar-refractivity contribution in [3.63, 3.8) is 0 Å². The Morgan fingerprint density at radius 1 is 1.29 bits per heavy atom. The minimum atomic E-state index is -0.684. The molecule has 114 valence electrons. The molecule has 0 aliphatic rings. The second-order valence-corrected chi connectivity index (χ2v) is 5.04. The molecular weight excluding hydrogens is 276 g/mol. The monoisotopic (exact) mass is 295 g/mol.